The molecule has 0 spiro atoms. The number of hydrogen-bond acceptors (Lipinski definition) is 3. The topological polar surface area (TPSA) is 44.5 Å². The summed E-state index contributed by atoms with van der Waals surface area (Å²) in [5, 5.41) is 0.692. The summed E-state index contributed by atoms with van der Waals surface area (Å²) in [5.41, 5.74) is 7.38. The average molecular weight is 268 g/mol. The number of halogens is 1. The highest BCUT2D eigenvalue weighted by Gasteiger charge is 2.26. The molecule has 98 valence electrons. The van der Waals surface area contributed by atoms with Gasteiger partial charge in [-0.2, -0.15) is 0 Å². The lowest BCUT2D eigenvalue weighted by molar-refractivity contribution is 0.174. The van der Waals surface area contributed by atoms with Gasteiger partial charge in [-0.05, 0) is 30.4 Å². The third kappa shape index (κ3) is 2.17. The Morgan fingerprint density at radius 3 is 2.50 bits per heavy atom. The van der Waals surface area contributed by atoms with Crippen LogP contribution in [-0.2, 0) is 0 Å². The number of ether oxygens (including phenoxy) is 2. The fraction of sp³-hybridized carbons (Fsp3) is 0.571. The maximum atomic E-state index is 6.38. The maximum Gasteiger partial charge on any atom is 0.231 e. The first-order valence-electron chi connectivity index (χ1n) is 6.60. The van der Waals surface area contributed by atoms with Gasteiger partial charge in [-0.25, -0.2) is 0 Å². The number of nitrogens with two attached hydrogens (primary N) is 1. The molecular weight excluding hydrogens is 250 g/mol. The van der Waals surface area contributed by atoms with Crippen molar-refractivity contribution in [3.05, 3.63) is 22.7 Å². The summed E-state index contributed by atoms with van der Waals surface area (Å²) < 4.78 is 10.7. The van der Waals surface area contributed by atoms with Crippen molar-refractivity contribution >= 4 is 11.6 Å². The Morgan fingerprint density at radius 2 is 1.78 bits per heavy atom. The Labute approximate surface area is 112 Å². The number of hydrogen-bond donors (Lipinski definition) is 1. The third-order valence-electron chi connectivity index (χ3n) is 4.01. The zero-order chi connectivity index (χ0) is 12.5. The zero-order valence-corrected chi connectivity index (χ0v) is 11.1. The second-order valence-corrected chi connectivity index (χ2v) is 5.56. The predicted octanol–water partition coefficient (Wildman–Crippen LogP) is 3.65. The summed E-state index contributed by atoms with van der Waals surface area (Å²) in [7, 11) is 0. The fourth-order valence-corrected chi connectivity index (χ4v) is 3.22. The Hall–Kier alpha value is -0.930. The van der Waals surface area contributed by atoms with Crippen LogP contribution in [-0.4, -0.2) is 6.79 Å². The van der Waals surface area contributed by atoms with Crippen LogP contribution in [0.2, 0.25) is 5.02 Å². The van der Waals surface area contributed by atoms with Crippen LogP contribution in [0, 0.1) is 5.92 Å². The van der Waals surface area contributed by atoms with Crippen LogP contribution >= 0.6 is 11.6 Å². The van der Waals surface area contributed by atoms with Gasteiger partial charge in [0.05, 0.1) is 0 Å². The molecule has 2 N–H and O–H groups in total. The average Bonchev–Trinajstić information content (AvgIpc) is 2.85. The molecule has 1 aliphatic carbocycles. The molecule has 0 radical (unpaired) electrons. The molecule has 18 heavy (non-hydrogen) atoms. The van der Waals surface area contributed by atoms with Crippen molar-refractivity contribution in [2.75, 3.05) is 6.79 Å². The monoisotopic (exact) mass is 267 g/mol. The normalized spacial score (nSPS) is 21.0. The van der Waals surface area contributed by atoms with Crippen LogP contribution in [0.1, 0.15) is 43.7 Å². The minimum atomic E-state index is 0.00676. The van der Waals surface area contributed by atoms with E-state index in [2.05, 4.69) is 0 Å². The predicted molar refractivity (Wildman–Crippen MR) is 71.1 cm³/mol. The van der Waals surface area contributed by atoms with Crippen molar-refractivity contribution in [3.8, 4) is 11.5 Å². The van der Waals surface area contributed by atoms with Crippen molar-refractivity contribution in [2.45, 2.75) is 38.1 Å². The molecule has 1 aliphatic heterocycles. The van der Waals surface area contributed by atoms with Gasteiger partial charge in [-0.3, -0.25) is 0 Å². The summed E-state index contributed by atoms with van der Waals surface area (Å²) in [6.45, 7) is 0.272. The summed E-state index contributed by atoms with van der Waals surface area (Å²) in [6.07, 6.45) is 6.29. The van der Waals surface area contributed by atoms with E-state index in [-0.39, 0.29) is 12.8 Å². The van der Waals surface area contributed by atoms with Crippen LogP contribution in [0.15, 0.2) is 12.1 Å². The highest BCUT2D eigenvalue weighted by atomic mass is 35.5. The Bertz CT molecular complexity index is 444. The summed E-state index contributed by atoms with van der Waals surface area (Å²) in [5.74, 6) is 2.02. The molecule has 0 saturated heterocycles. The van der Waals surface area contributed by atoms with Crippen LogP contribution in [0.25, 0.3) is 0 Å². The Balaban J connectivity index is 1.86. The van der Waals surface area contributed by atoms with Gasteiger partial charge in [0, 0.05) is 17.1 Å². The molecule has 0 amide bonds. The van der Waals surface area contributed by atoms with E-state index in [9.17, 15) is 0 Å². The van der Waals surface area contributed by atoms with Crippen molar-refractivity contribution in [1.29, 1.82) is 0 Å². The molecule has 0 bridgehead atoms. The van der Waals surface area contributed by atoms with Gasteiger partial charge in [-0.15, -0.1) is 0 Å². The van der Waals surface area contributed by atoms with Crippen LogP contribution in [0.3, 0.4) is 0 Å². The van der Waals surface area contributed by atoms with E-state index in [0.29, 0.717) is 10.9 Å². The smallest absolute Gasteiger partial charge is 0.231 e. The van der Waals surface area contributed by atoms with E-state index in [1.807, 2.05) is 12.1 Å². The molecule has 2 aliphatic rings. The van der Waals surface area contributed by atoms with Gasteiger partial charge in [0.15, 0.2) is 11.5 Å². The minimum Gasteiger partial charge on any atom is -0.454 e. The summed E-state index contributed by atoms with van der Waals surface area (Å²) >= 11 is 6.31. The van der Waals surface area contributed by atoms with Crippen molar-refractivity contribution in [1.82, 2.24) is 0 Å². The van der Waals surface area contributed by atoms with Gasteiger partial charge >= 0.3 is 0 Å². The van der Waals surface area contributed by atoms with Crippen LogP contribution < -0.4 is 15.2 Å². The Kier molecular flexibility index (Phi) is 3.35. The van der Waals surface area contributed by atoms with Gasteiger partial charge in [0.2, 0.25) is 6.79 Å². The van der Waals surface area contributed by atoms with E-state index in [0.717, 1.165) is 17.1 Å². The molecule has 1 heterocycles. The zero-order valence-electron chi connectivity index (χ0n) is 10.3. The van der Waals surface area contributed by atoms with Gasteiger partial charge in [0.25, 0.3) is 0 Å². The quantitative estimate of drug-likeness (QED) is 0.890. The van der Waals surface area contributed by atoms with E-state index < -0.39 is 0 Å². The lowest BCUT2D eigenvalue weighted by Gasteiger charge is -2.28. The molecule has 1 saturated carbocycles. The lowest BCUT2D eigenvalue weighted by Crippen LogP contribution is -2.23. The van der Waals surface area contributed by atoms with E-state index in [1.165, 1.54) is 32.1 Å². The first-order valence-corrected chi connectivity index (χ1v) is 6.98. The molecule has 1 aromatic carbocycles. The molecule has 1 fully saturated rings. The van der Waals surface area contributed by atoms with E-state index >= 15 is 0 Å². The van der Waals surface area contributed by atoms with Gasteiger partial charge in [0.1, 0.15) is 0 Å². The van der Waals surface area contributed by atoms with Gasteiger partial charge < -0.3 is 15.2 Å². The highest BCUT2D eigenvalue weighted by molar-refractivity contribution is 6.31. The summed E-state index contributed by atoms with van der Waals surface area (Å²) in [6, 6.07) is 3.78. The SMILES string of the molecule is N[C@@H](c1cc2c(cc1Cl)OCO2)C1CCCCC1. The minimum absolute atomic E-state index is 0.00676. The van der Waals surface area contributed by atoms with E-state index in [1.54, 1.807) is 0 Å². The molecule has 1 atom stereocenters. The largest absolute Gasteiger partial charge is 0.454 e. The summed E-state index contributed by atoms with van der Waals surface area (Å²) in [4.78, 5) is 0. The molecule has 3 rings (SSSR count). The number of rotatable bonds is 2. The maximum absolute atomic E-state index is 6.38. The number of fused-ring (bicyclic) bond motifs is 1. The second-order valence-electron chi connectivity index (χ2n) is 5.15. The molecular formula is C14H18ClNO2. The molecule has 0 unspecified atom stereocenters. The van der Waals surface area contributed by atoms with Crippen molar-refractivity contribution in [2.24, 2.45) is 11.7 Å². The molecule has 1 aromatic rings. The molecule has 4 heteroatoms. The molecule has 0 aromatic heterocycles. The standard InChI is InChI=1S/C14H18ClNO2/c15-11-7-13-12(17-8-18-13)6-10(11)14(16)9-4-2-1-3-5-9/h6-7,9,14H,1-5,8,16H2/t14-/m1/s1. The van der Waals surface area contributed by atoms with Crippen molar-refractivity contribution in [3.63, 3.8) is 0 Å². The first kappa shape index (κ1) is 12.1. The van der Waals surface area contributed by atoms with E-state index in [4.69, 9.17) is 26.8 Å². The number of benzene rings is 1. The first-order chi connectivity index (χ1) is 8.75. The van der Waals surface area contributed by atoms with Gasteiger partial charge in [-0.1, -0.05) is 30.9 Å². The van der Waals surface area contributed by atoms with Crippen molar-refractivity contribution < 1.29 is 9.47 Å². The lowest BCUT2D eigenvalue weighted by atomic mass is 9.81. The third-order valence-corrected chi connectivity index (χ3v) is 4.34. The molecule has 3 nitrogen and oxygen atoms in total. The highest BCUT2D eigenvalue weighted by Crippen LogP contribution is 2.42. The second kappa shape index (κ2) is 4.98. The fourth-order valence-electron chi connectivity index (χ4n) is 2.94. The van der Waals surface area contributed by atoms with Crippen LogP contribution in [0.5, 0.6) is 11.5 Å². The Morgan fingerprint density at radius 1 is 1.11 bits per heavy atom. The van der Waals surface area contributed by atoms with Crippen LogP contribution in [0.4, 0.5) is 0 Å².